The third kappa shape index (κ3) is 1.14. The number of aryl methyl sites for hydroxylation is 1. The Hall–Kier alpha value is -1.27. The summed E-state index contributed by atoms with van der Waals surface area (Å²) in [5, 5.41) is 9.86. The van der Waals surface area contributed by atoms with Crippen LogP contribution in [0.1, 0.15) is 5.56 Å². The highest BCUT2D eigenvalue weighted by atomic mass is 79.9. The Kier molecular flexibility index (Phi) is 1.86. The molecule has 0 saturated heterocycles. The maximum absolute atomic E-state index is 8.86. The van der Waals surface area contributed by atoms with Crippen molar-refractivity contribution >= 4 is 26.8 Å². The molecule has 0 amide bonds. The molecule has 0 unspecified atom stereocenters. The molecule has 1 heterocycles. The first-order chi connectivity index (χ1) is 6.24. The van der Waals surface area contributed by atoms with Gasteiger partial charge < -0.3 is 4.57 Å². The molecule has 2 aromatic rings. The lowest BCUT2D eigenvalue weighted by Gasteiger charge is -2.00. The molecule has 1 aromatic carbocycles. The molecule has 0 aliphatic heterocycles. The summed E-state index contributed by atoms with van der Waals surface area (Å²) in [5.41, 5.74) is 1.79. The topological polar surface area (TPSA) is 28.7 Å². The zero-order valence-electron chi connectivity index (χ0n) is 7.08. The van der Waals surface area contributed by atoms with Gasteiger partial charge in [-0.05, 0) is 34.1 Å². The molecule has 0 bridgehead atoms. The summed E-state index contributed by atoms with van der Waals surface area (Å²) in [6.07, 6.45) is 1.95. The molecule has 0 fully saturated rings. The molecule has 0 aliphatic rings. The second kappa shape index (κ2) is 2.90. The van der Waals surface area contributed by atoms with Gasteiger partial charge >= 0.3 is 0 Å². The molecule has 64 valence electrons. The molecule has 2 nitrogen and oxygen atoms in total. The smallest absolute Gasteiger partial charge is 0.0998 e. The fourth-order valence-corrected chi connectivity index (χ4v) is 2.09. The average molecular weight is 235 g/mol. The van der Waals surface area contributed by atoms with Crippen LogP contribution in [-0.2, 0) is 7.05 Å². The van der Waals surface area contributed by atoms with E-state index >= 15 is 0 Å². The largest absolute Gasteiger partial charge is 0.350 e. The van der Waals surface area contributed by atoms with Crippen molar-refractivity contribution in [3.8, 4) is 6.07 Å². The van der Waals surface area contributed by atoms with E-state index in [0.29, 0.717) is 0 Å². The van der Waals surface area contributed by atoms with Gasteiger partial charge in [-0.25, -0.2) is 0 Å². The number of aromatic nitrogens is 1. The molecule has 0 saturated carbocycles. The van der Waals surface area contributed by atoms with Crippen LogP contribution in [0, 0.1) is 11.3 Å². The summed E-state index contributed by atoms with van der Waals surface area (Å²) >= 11 is 3.46. The molecule has 2 rings (SSSR count). The van der Waals surface area contributed by atoms with Crippen LogP contribution in [-0.4, -0.2) is 4.57 Å². The maximum atomic E-state index is 8.86. The predicted octanol–water partition coefficient (Wildman–Crippen LogP) is 2.81. The predicted molar refractivity (Wildman–Crippen MR) is 55.3 cm³/mol. The Bertz CT molecular complexity index is 505. The van der Waals surface area contributed by atoms with E-state index in [-0.39, 0.29) is 0 Å². The first-order valence-electron chi connectivity index (χ1n) is 3.87. The number of fused-ring (bicyclic) bond motifs is 1. The van der Waals surface area contributed by atoms with Gasteiger partial charge in [0.05, 0.1) is 17.1 Å². The van der Waals surface area contributed by atoms with Gasteiger partial charge in [-0.1, -0.05) is 0 Å². The van der Waals surface area contributed by atoms with Crippen molar-refractivity contribution in [2.24, 2.45) is 7.05 Å². The highest BCUT2D eigenvalue weighted by Crippen LogP contribution is 2.26. The molecule has 0 radical (unpaired) electrons. The second-order valence-corrected chi connectivity index (χ2v) is 3.75. The van der Waals surface area contributed by atoms with Crippen molar-refractivity contribution in [3.63, 3.8) is 0 Å². The Morgan fingerprint density at radius 2 is 2.15 bits per heavy atom. The van der Waals surface area contributed by atoms with E-state index in [1.165, 1.54) is 0 Å². The lowest BCUT2D eigenvalue weighted by Crippen LogP contribution is -1.86. The SMILES string of the molecule is Cn1ccc2c(C#N)ccc(Br)c21. The lowest BCUT2D eigenvalue weighted by atomic mass is 10.1. The molecule has 0 N–H and O–H groups in total. The minimum atomic E-state index is 0.721. The molecular formula is C10H7BrN2. The van der Waals surface area contributed by atoms with Gasteiger partial charge in [0, 0.05) is 23.1 Å². The van der Waals surface area contributed by atoms with E-state index in [1.807, 2.05) is 36.0 Å². The van der Waals surface area contributed by atoms with E-state index in [0.717, 1.165) is 20.9 Å². The van der Waals surface area contributed by atoms with Crippen molar-refractivity contribution in [3.05, 3.63) is 34.4 Å². The molecule has 0 atom stereocenters. The number of hydrogen-bond donors (Lipinski definition) is 0. The lowest BCUT2D eigenvalue weighted by molar-refractivity contribution is 0.967. The fraction of sp³-hybridized carbons (Fsp3) is 0.100. The van der Waals surface area contributed by atoms with Crippen LogP contribution in [0.2, 0.25) is 0 Å². The van der Waals surface area contributed by atoms with Crippen molar-refractivity contribution in [1.29, 1.82) is 5.26 Å². The third-order valence-electron chi connectivity index (χ3n) is 2.11. The van der Waals surface area contributed by atoms with E-state index in [1.54, 1.807) is 0 Å². The minimum absolute atomic E-state index is 0.721. The first-order valence-corrected chi connectivity index (χ1v) is 4.67. The first kappa shape index (κ1) is 8.33. The quantitative estimate of drug-likeness (QED) is 0.690. The number of nitrogens with zero attached hydrogens (tertiary/aromatic N) is 2. The van der Waals surface area contributed by atoms with Crippen LogP contribution in [0.3, 0.4) is 0 Å². The van der Waals surface area contributed by atoms with Crippen LogP contribution >= 0.6 is 15.9 Å². The summed E-state index contributed by atoms with van der Waals surface area (Å²) < 4.78 is 3.02. The van der Waals surface area contributed by atoms with Crippen molar-refractivity contribution in [1.82, 2.24) is 4.57 Å². The van der Waals surface area contributed by atoms with Gasteiger partial charge in [0.25, 0.3) is 0 Å². The number of benzene rings is 1. The van der Waals surface area contributed by atoms with E-state index < -0.39 is 0 Å². The van der Waals surface area contributed by atoms with Crippen molar-refractivity contribution in [2.75, 3.05) is 0 Å². The van der Waals surface area contributed by atoms with Crippen LogP contribution in [0.25, 0.3) is 10.9 Å². The van der Waals surface area contributed by atoms with E-state index in [2.05, 4.69) is 22.0 Å². The number of nitriles is 1. The molecule has 0 spiro atoms. The molecular weight excluding hydrogens is 228 g/mol. The molecule has 3 heteroatoms. The summed E-state index contributed by atoms with van der Waals surface area (Å²) in [7, 11) is 1.97. The zero-order chi connectivity index (χ0) is 9.42. The molecule has 13 heavy (non-hydrogen) atoms. The highest BCUT2D eigenvalue weighted by molar-refractivity contribution is 9.10. The summed E-state index contributed by atoms with van der Waals surface area (Å²) in [4.78, 5) is 0. The normalized spacial score (nSPS) is 10.2. The fourth-order valence-electron chi connectivity index (χ4n) is 1.47. The van der Waals surface area contributed by atoms with Crippen molar-refractivity contribution in [2.45, 2.75) is 0 Å². The van der Waals surface area contributed by atoms with Crippen LogP contribution in [0.5, 0.6) is 0 Å². The Balaban J connectivity index is 2.97. The Morgan fingerprint density at radius 3 is 2.85 bits per heavy atom. The zero-order valence-corrected chi connectivity index (χ0v) is 8.67. The van der Waals surface area contributed by atoms with Crippen LogP contribution < -0.4 is 0 Å². The number of halogens is 1. The van der Waals surface area contributed by atoms with Crippen LogP contribution in [0.4, 0.5) is 0 Å². The highest BCUT2D eigenvalue weighted by Gasteiger charge is 2.06. The summed E-state index contributed by atoms with van der Waals surface area (Å²) in [5.74, 6) is 0. The number of rotatable bonds is 0. The molecule has 1 aromatic heterocycles. The molecule has 0 aliphatic carbocycles. The number of hydrogen-bond acceptors (Lipinski definition) is 1. The second-order valence-electron chi connectivity index (χ2n) is 2.90. The van der Waals surface area contributed by atoms with Crippen molar-refractivity contribution < 1.29 is 0 Å². The van der Waals surface area contributed by atoms with Crippen LogP contribution in [0.15, 0.2) is 28.9 Å². The van der Waals surface area contributed by atoms with Gasteiger partial charge in [-0.2, -0.15) is 5.26 Å². The van der Waals surface area contributed by atoms with Gasteiger partial charge in [0.2, 0.25) is 0 Å². The van der Waals surface area contributed by atoms with E-state index in [4.69, 9.17) is 5.26 Å². The van der Waals surface area contributed by atoms with E-state index in [9.17, 15) is 0 Å². The minimum Gasteiger partial charge on any atom is -0.350 e. The van der Waals surface area contributed by atoms with Gasteiger partial charge in [-0.15, -0.1) is 0 Å². The monoisotopic (exact) mass is 234 g/mol. The third-order valence-corrected chi connectivity index (χ3v) is 2.75. The van der Waals surface area contributed by atoms with Gasteiger partial charge in [0.15, 0.2) is 0 Å². The standard InChI is InChI=1S/C10H7BrN2/c1-13-5-4-8-7(6-12)2-3-9(11)10(8)13/h2-5H,1H3. The average Bonchev–Trinajstić information content (AvgIpc) is 2.50. The van der Waals surface area contributed by atoms with Gasteiger partial charge in [0.1, 0.15) is 0 Å². The maximum Gasteiger partial charge on any atom is 0.0998 e. The van der Waals surface area contributed by atoms with Gasteiger partial charge in [-0.3, -0.25) is 0 Å². The Morgan fingerprint density at radius 1 is 1.38 bits per heavy atom. The summed E-state index contributed by atoms with van der Waals surface area (Å²) in [6, 6.07) is 7.86. The Labute approximate surface area is 84.5 Å². The summed E-state index contributed by atoms with van der Waals surface area (Å²) in [6.45, 7) is 0.